The minimum absolute atomic E-state index is 1.31. The molecule has 0 unspecified atom stereocenters. The Labute approximate surface area is 181 Å². The van der Waals surface area contributed by atoms with Gasteiger partial charge in [-0.25, -0.2) is 0 Å². The van der Waals surface area contributed by atoms with Crippen LogP contribution >= 0.6 is 22.7 Å². The second-order valence-electron chi connectivity index (χ2n) is 8.56. The summed E-state index contributed by atoms with van der Waals surface area (Å²) in [6, 6.07) is 18.5. The minimum atomic E-state index is 1.31. The molecule has 4 heteroatoms. The van der Waals surface area contributed by atoms with E-state index in [1.807, 2.05) is 22.7 Å². The van der Waals surface area contributed by atoms with Gasteiger partial charge < -0.3 is 9.13 Å². The SMILES string of the molecule is Cc1ccc2c(c1)sc1c3cc4c(cc3sc21)c1c(c2ccc(C)cc2n1C)n4C. The number of benzene rings is 3. The summed E-state index contributed by atoms with van der Waals surface area (Å²) in [5, 5.41) is 5.48. The fraction of sp³-hybridized carbons (Fsp3) is 0.154. The highest BCUT2D eigenvalue weighted by atomic mass is 32.1. The Bertz CT molecular complexity index is 1840. The van der Waals surface area contributed by atoms with E-state index >= 15 is 0 Å². The first-order chi connectivity index (χ1) is 14.5. The summed E-state index contributed by atoms with van der Waals surface area (Å²) in [4.78, 5) is 0. The van der Waals surface area contributed by atoms with E-state index in [0.29, 0.717) is 0 Å². The van der Waals surface area contributed by atoms with Crippen LogP contribution in [0.15, 0.2) is 48.5 Å². The molecular weight excluding hydrogens is 404 g/mol. The van der Waals surface area contributed by atoms with Crippen LogP contribution in [-0.2, 0) is 14.1 Å². The quantitative estimate of drug-likeness (QED) is 0.233. The third-order valence-electron chi connectivity index (χ3n) is 6.64. The molecule has 0 N–H and O–H groups in total. The van der Waals surface area contributed by atoms with Crippen molar-refractivity contribution in [3.8, 4) is 0 Å². The molecule has 0 radical (unpaired) electrons. The fourth-order valence-corrected chi connectivity index (χ4v) is 7.92. The Morgan fingerprint density at radius 3 is 1.90 bits per heavy atom. The van der Waals surface area contributed by atoms with Crippen LogP contribution in [0.25, 0.3) is 62.4 Å². The van der Waals surface area contributed by atoms with Gasteiger partial charge in [0.15, 0.2) is 0 Å². The van der Waals surface area contributed by atoms with Crippen molar-refractivity contribution in [2.24, 2.45) is 14.1 Å². The number of fused-ring (bicyclic) bond motifs is 10. The average molecular weight is 425 g/mol. The van der Waals surface area contributed by atoms with Gasteiger partial charge >= 0.3 is 0 Å². The van der Waals surface area contributed by atoms with Gasteiger partial charge in [-0.1, -0.05) is 24.3 Å². The summed E-state index contributed by atoms with van der Waals surface area (Å²) in [5.41, 5.74) is 7.94. The standard InChI is InChI=1S/C26H20N2S2/c1-13-5-7-15-19(9-13)27(3)24-17-12-22-18(11-20(17)28(4)23(15)24)26-25(30-22)16-8-6-14(2)10-21(16)29-26/h5-12H,1-4H3. The number of rotatable bonds is 0. The van der Waals surface area contributed by atoms with Gasteiger partial charge in [0.25, 0.3) is 0 Å². The molecule has 0 aliphatic rings. The van der Waals surface area contributed by atoms with Crippen molar-refractivity contribution in [2.45, 2.75) is 13.8 Å². The molecule has 0 spiro atoms. The molecule has 0 saturated carbocycles. The highest BCUT2D eigenvalue weighted by molar-refractivity contribution is 7.36. The largest absolute Gasteiger partial charge is 0.342 e. The van der Waals surface area contributed by atoms with Gasteiger partial charge in [-0.2, -0.15) is 0 Å². The smallest absolute Gasteiger partial charge is 0.0751 e. The van der Waals surface area contributed by atoms with Crippen molar-refractivity contribution in [3.05, 3.63) is 59.7 Å². The monoisotopic (exact) mass is 424 g/mol. The first-order valence-electron chi connectivity index (χ1n) is 10.2. The molecule has 0 bridgehead atoms. The molecule has 7 rings (SSSR count). The van der Waals surface area contributed by atoms with Crippen molar-refractivity contribution in [2.75, 3.05) is 0 Å². The van der Waals surface area contributed by atoms with Crippen LogP contribution in [0.4, 0.5) is 0 Å². The van der Waals surface area contributed by atoms with E-state index in [9.17, 15) is 0 Å². The van der Waals surface area contributed by atoms with Crippen molar-refractivity contribution in [1.82, 2.24) is 9.13 Å². The topological polar surface area (TPSA) is 9.86 Å². The van der Waals surface area contributed by atoms with E-state index < -0.39 is 0 Å². The Kier molecular flexibility index (Phi) is 3.07. The lowest BCUT2D eigenvalue weighted by Crippen LogP contribution is -1.88. The van der Waals surface area contributed by atoms with Gasteiger partial charge in [0.1, 0.15) is 0 Å². The molecule has 7 aromatic rings. The predicted molar refractivity (Wildman–Crippen MR) is 135 cm³/mol. The Morgan fingerprint density at radius 1 is 0.567 bits per heavy atom. The maximum Gasteiger partial charge on any atom is 0.0751 e. The molecule has 30 heavy (non-hydrogen) atoms. The molecule has 146 valence electrons. The molecule has 0 aliphatic heterocycles. The van der Waals surface area contributed by atoms with E-state index in [1.165, 1.54) is 73.5 Å². The van der Waals surface area contributed by atoms with Gasteiger partial charge in [0.05, 0.1) is 31.5 Å². The van der Waals surface area contributed by atoms with Gasteiger partial charge in [0, 0.05) is 45.0 Å². The Morgan fingerprint density at radius 2 is 1.13 bits per heavy atom. The normalized spacial score (nSPS) is 12.7. The Hall–Kier alpha value is -2.82. The first kappa shape index (κ1) is 16.9. The molecule has 4 heterocycles. The highest BCUT2D eigenvalue weighted by Gasteiger charge is 2.20. The number of aryl methyl sites for hydroxylation is 4. The zero-order valence-electron chi connectivity index (χ0n) is 17.3. The van der Waals surface area contributed by atoms with Crippen LogP contribution in [0.2, 0.25) is 0 Å². The third kappa shape index (κ3) is 1.94. The number of thiophene rings is 2. The maximum absolute atomic E-state index is 2.43. The van der Waals surface area contributed by atoms with Crippen LogP contribution in [0.3, 0.4) is 0 Å². The third-order valence-corrected chi connectivity index (χ3v) is 9.14. The predicted octanol–water partition coefficient (Wildman–Crippen LogP) is 8.02. The summed E-state index contributed by atoms with van der Waals surface area (Å²) in [7, 11) is 4.42. The van der Waals surface area contributed by atoms with Gasteiger partial charge in [-0.05, 0) is 49.2 Å². The summed E-state index contributed by atoms with van der Waals surface area (Å²) in [6.45, 7) is 4.35. The van der Waals surface area contributed by atoms with Crippen LogP contribution < -0.4 is 0 Å². The van der Waals surface area contributed by atoms with E-state index in [2.05, 4.69) is 85.6 Å². The summed E-state index contributed by atoms with van der Waals surface area (Å²) >= 11 is 3.88. The second kappa shape index (κ2) is 5.45. The zero-order chi connectivity index (χ0) is 20.3. The first-order valence-corrected chi connectivity index (χ1v) is 11.9. The lowest BCUT2D eigenvalue weighted by atomic mass is 10.1. The van der Waals surface area contributed by atoms with Crippen LogP contribution in [-0.4, -0.2) is 9.13 Å². The second-order valence-corrected chi connectivity index (χ2v) is 10.7. The molecule has 0 atom stereocenters. The fourth-order valence-electron chi connectivity index (χ4n) is 5.16. The van der Waals surface area contributed by atoms with E-state index in [0.717, 1.165) is 0 Å². The molecule has 2 nitrogen and oxygen atoms in total. The summed E-state index contributed by atoms with van der Waals surface area (Å²) in [5.74, 6) is 0. The lowest BCUT2D eigenvalue weighted by molar-refractivity contribution is 1.01. The Balaban J connectivity index is 1.67. The van der Waals surface area contributed by atoms with Crippen molar-refractivity contribution < 1.29 is 0 Å². The van der Waals surface area contributed by atoms with Crippen LogP contribution in [0.5, 0.6) is 0 Å². The number of hydrogen-bond donors (Lipinski definition) is 0. The molecule has 0 aliphatic carbocycles. The van der Waals surface area contributed by atoms with E-state index in [-0.39, 0.29) is 0 Å². The molecule has 4 aromatic heterocycles. The molecule has 0 amide bonds. The average Bonchev–Trinajstić information content (AvgIpc) is 3.40. The van der Waals surface area contributed by atoms with Crippen molar-refractivity contribution in [1.29, 1.82) is 0 Å². The van der Waals surface area contributed by atoms with Crippen LogP contribution in [0.1, 0.15) is 11.1 Å². The number of aromatic nitrogens is 2. The van der Waals surface area contributed by atoms with Gasteiger partial charge in [-0.3, -0.25) is 0 Å². The zero-order valence-corrected chi connectivity index (χ0v) is 19.0. The van der Waals surface area contributed by atoms with Crippen molar-refractivity contribution >= 4 is 85.1 Å². The van der Waals surface area contributed by atoms with E-state index in [4.69, 9.17) is 0 Å². The van der Waals surface area contributed by atoms with Gasteiger partial charge in [0.2, 0.25) is 0 Å². The number of hydrogen-bond acceptors (Lipinski definition) is 2. The molecular formula is C26H20N2S2. The lowest BCUT2D eigenvalue weighted by Gasteiger charge is -2.02. The molecule has 0 saturated heterocycles. The molecule has 0 fully saturated rings. The number of nitrogens with zero attached hydrogens (tertiary/aromatic N) is 2. The van der Waals surface area contributed by atoms with Crippen molar-refractivity contribution in [3.63, 3.8) is 0 Å². The minimum Gasteiger partial charge on any atom is -0.342 e. The molecule has 3 aromatic carbocycles. The van der Waals surface area contributed by atoms with E-state index in [1.54, 1.807) is 0 Å². The van der Waals surface area contributed by atoms with Crippen LogP contribution in [0, 0.1) is 13.8 Å². The van der Waals surface area contributed by atoms with Gasteiger partial charge in [-0.15, -0.1) is 22.7 Å². The summed E-state index contributed by atoms with van der Waals surface area (Å²) < 4.78 is 10.4. The highest BCUT2D eigenvalue weighted by Crippen LogP contribution is 2.47. The maximum atomic E-state index is 2.43. The summed E-state index contributed by atoms with van der Waals surface area (Å²) in [6.07, 6.45) is 0.